The van der Waals surface area contributed by atoms with Gasteiger partial charge in [-0.3, -0.25) is 14.6 Å². The maximum Gasteiger partial charge on any atom is 0.322 e. The summed E-state index contributed by atoms with van der Waals surface area (Å²) in [5, 5.41) is 12.1. The minimum atomic E-state index is -1.11. The number of carbonyl (C=O) groups excluding carboxylic acids is 1. The Morgan fingerprint density at radius 1 is 1.13 bits per heavy atom. The number of aromatic nitrogens is 1. The van der Waals surface area contributed by atoms with Gasteiger partial charge >= 0.3 is 5.97 Å². The lowest BCUT2D eigenvalue weighted by Gasteiger charge is -2.13. The second kappa shape index (κ2) is 9.57. The summed E-state index contributed by atoms with van der Waals surface area (Å²) in [6.45, 7) is 3.75. The standard InChI is InChI=1S/C22H20Br2N2O4/c1-3-4-14-7-12(2)16-10-15(5-6-19(16)26-14)30-21-17(23)8-13(9-18(21)24)22(29)25-11-20(27)28/h5-10H,3-4,11H2,1-2H3,(H,25,29)(H,27,28). The number of carboxylic acids is 1. The van der Waals surface area contributed by atoms with Gasteiger partial charge in [0.2, 0.25) is 0 Å². The van der Waals surface area contributed by atoms with Crippen LogP contribution >= 0.6 is 31.9 Å². The average Bonchev–Trinajstić information content (AvgIpc) is 2.69. The van der Waals surface area contributed by atoms with Crippen LogP contribution in [0.4, 0.5) is 0 Å². The fourth-order valence-corrected chi connectivity index (χ4v) is 4.40. The summed E-state index contributed by atoms with van der Waals surface area (Å²) >= 11 is 6.86. The maximum atomic E-state index is 12.1. The van der Waals surface area contributed by atoms with E-state index in [0.717, 1.165) is 35.0 Å². The van der Waals surface area contributed by atoms with Gasteiger partial charge in [-0.05, 0) is 87.2 Å². The van der Waals surface area contributed by atoms with Gasteiger partial charge < -0.3 is 15.2 Å². The minimum Gasteiger partial charge on any atom is -0.480 e. The van der Waals surface area contributed by atoms with Crippen molar-refractivity contribution < 1.29 is 19.4 Å². The number of rotatable bonds is 7. The number of benzene rings is 2. The van der Waals surface area contributed by atoms with Crippen molar-refractivity contribution in [2.24, 2.45) is 0 Å². The van der Waals surface area contributed by atoms with E-state index in [1.165, 1.54) is 0 Å². The van der Waals surface area contributed by atoms with Crippen LogP contribution in [0.15, 0.2) is 45.3 Å². The van der Waals surface area contributed by atoms with Crippen molar-refractivity contribution in [3.05, 3.63) is 62.2 Å². The third-order valence-corrected chi connectivity index (χ3v) is 5.60. The number of hydrogen-bond donors (Lipinski definition) is 2. The van der Waals surface area contributed by atoms with Crippen molar-refractivity contribution in [1.29, 1.82) is 0 Å². The van der Waals surface area contributed by atoms with E-state index >= 15 is 0 Å². The van der Waals surface area contributed by atoms with Gasteiger partial charge in [0.25, 0.3) is 5.91 Å². The van der Waals surface area contributed by atoms with Crippen LogP contribution in [0.1, 0.15) is 35.0 Å². The molecule has 2 aromatic carbocycles. The Morgan fingerprint density at radius 3 is 2.47 bits per heavy atom. The Balaban J connectivity index is 1.87. The molecule has 1 aromatic heterocycles. The van der Waals surface area contributed by atoms with Crippen LogP contribution in [0, 0.1) is 6.92 Å². The van der Waals surface area contributed by atoms with E-state index in [4.69, 9.17) is 14.8 Å². The summed E-state index contributed by atoms with van der Waals surface area (Å²) in [6.07, 6.45) is 1.99. The lowest BCUT2D eigenvalue weighted by atomic mass is 10.1. The molecule has 0 aliphatic carbocycles. The van der Waals surface area contributed by atoms with Crippen molar-refractivity contribution in [3.8, 4) is 11.5 Å². The highest BCUT2D eigenvalue weighted by Crippen LogP contribution is 2.38. The predicted molar refractivity (Wildman–Crippen MR) is 122 cm³/mol. The number of carbonyl (C=O) groups is 2. The highest BCUT2D eigenvalue weighted by atomic mass is 79.9. The fraction of sp³-hybridized carbons (Fsp3) is 0.227. The third-order valence-electron chi connectivity index (χ3n) is 4.43. The Hall–Kier alpha value is -2.45. The van der Waals surface area contributed by atoms with E-state index in [1.54, 1.807) is 12.1 Å². The molecule has 0 radical (unpaired) electrons. The highest BCUT2D eigenvalue weighted by molar-refractivity contribution is 9.11. The molecule has 8 heteroatoms. The molecular formula is C22H20Br2N2O4. The molecule has 0 aliphatic rings. The van der Waals surface area contributed by atoms with Gasteiger partial charge in [-0.1, -0.05) is 13.3 Å². The van der Waals surface area contributed by atoms with E-state index in [0.29, 0.717) is 26.0 Å². The average molecular weight is 536 g/mol. The number of nitrogens with one attached hydrogen (secondary N) is 1. The van der Waals surface area contributed by atoms with E-state index in [1.807, 2.05) is 18.2 Å². The fourth-order valence-electron chi connectivity index (χ4n) is 3.06. The second-order valence-corrected chi connectivity index (χ2v) is 8.52. The zero-order valence-electron chi connectivity index (χ0n) is 16.5. The number of ether oxygens (including phenoxy) is 1. The number of amides is 1. The van der Waals surface area contributed by atoms with Crippen LogP contribution in [0.25, 0.3) is 10.9 Å². The van der Waals surface area contributed by atoms with Crippen LogP contribution in [0.2, 0.25) is 0 Å². The van der Waals surface area contributed by atoms with Gasteiger partial charge in [0.15, 0.2) is 5.75 Å². The van der Waals surface area contributed by atoms with E-state index in [9.17, 15) is 9.59 Å². The van der Waals surface area contributed by atoms with Crippen LogP contribution in [0.3, 0.4) is 0 Å². The molecule has 0 saturated heterocycles. The Kier molecular flexibility index (Phi) is 7.10. The molecule has 0 saturated carbocycles. The number of pyridine rings is 1. The van der Waals surface area contributed by atoms with Gasteiger partial charge in [-0.15, -0.1) is 0 Å². The number of aliphatic carboxylic acids is 1. The highest BCUT2D eigenvalue weighted by Gasteiger charge is 2.15. The lowest BCUT2D eigenvalue weighted by Crippen LogP contribution is -2.29. The summed E-state index contributed by atoms with van der Waals surface area (Å²) in [5.74, 6) is -0.442. The van der Waals surface area contributed by atoms with Crippen LogP contribution in [0.5, 0.6) is 11.5 Å². The molecule has 0 fully saturated rings. The number of hydrogen-bond acceptors (Lipinski definition) is 4. The molecule has 0 aliphatic heterocycles. The van der Waals surface area contributed by atoms with E-state index in [-0.39, 0.29) is 0 Å². The Bertz CT molecular complexity index is 1110. The second-order valence-electron chi connectivity index (χ2n) is 6.81. The molecular weight excluding hydrogens is 516 g/mol. The van der Waals surface area contributed by atoms with Gasteiger partial charge in [-0.25, -0.2) is 0 Å². The van der Waals surface area contributed by atoms with Crippen molar-refractivity contribution in [2.75, 3.05) is 6.54 Å². The molecule has 3 rings (SSSR count). The van der Waals surface area contributed by atoms with Crippen molar-refractivity contribution >= 4 is 54.6 Å². The molecule has 2 N–H and O–H groups in total. The summed E-state index contributed by atoms with van der Waals surface area (Å²) < 4.78 is 7.19. The number of fused-ring (bicyclic) bond motifs is 1. The Labute approximate surface area is 190 Å². The largest absolute Gasteiger partial charge is 0.480 e. The normalized spacial score (nSPS) is 10.8. The first kappa shape index (κ1) is 22.2. The van der Waals surface area contributed by atoms with Gasteiger partial charge in [-0.2, -0.15) is 0 Å². The Morgan fingerprint density at radius 2 is 1.83 bits per heavy atom. The number of halogens is 2. The van der Waals surface area contributed by atoms with Gasteiger partial charge in [0, 0.05) is 16.6 Å². The molecule has 0 spiro atoms. The first-order valence-electron chi connectivity index (χ1n) is 9.35. The molecule has 156 valence electrons. The molecule has 6 nitrogen and oxygen atoms in total. The van der Waals surface area contributed by atoms with Crippen molar-refractivity contribution in [1.82, 2.24) is 10.3 Å². The first-order valence-corrected chi connectivity index (χ1v) is 10.9. The predicted octanol–water partition coefficient (Wildman–Crippen LogP) is 5.63. The van der Waals surface area contributed by atoms with E-state index < -0.39 is 18.4 Å². The zero-order chi connectivity index (χ0) is 21.8. The number of aryl methyl sites for hydroxylation is 2. The molecule has 0 bridgehead atoms. The SMILES string of the molecule is CCCc1cc(C)c2cc(Oc3c(Br)cc(C(=O)NCC(=O)O)cc3Br)ccc2n1. The lowest BCUT2D eigenvalue weighted by molar-refractivity contribution is -0.135. The number of nitrogens with zero attached hydrogens (tertiary/aromatic N) is 1. The molecule has 1 amide bonds. The van der Waals surface area contributed by atoms with Crippen LogP contribution in [-0.4, -0.2) is 28.5 Å². The topological polar surface area (TPSA) is 88.5 Å². The van der Waals surface area contributed by atoms with Crippen LogP contribution < -0.4 is 10.1 Å². The van der Waals surface area contributed by atoms with Crippen molar-refractivity contribution in [3.63, 3.8) is 0 Å². The zero-order valence-corrected chi connectivity index (χ0v) is 19.6. The van der Waals surface area contributed by atoms with Gasteiger partial charge in [0.1, 0.15) is 12.3 Å². The number of carboxylic acid groups (broad SMARTS) is 1. The molecule has 1 heterocycles. The monoisotopic (exact) mass is 534 g/mol. The summed E-state index contributed by atoms with van der Waals surface area (Å²) in [4.78, 5) is 27.5. The maximum absolute atomic E-state index is 12.1. The van der Waals surface area contributed by atoms with Crippen molar-refractivity contribution in [2.45, 2.75) is 26.7 Å². The quantitative estimate of drug-likeness (QED) is 0.409. The summed E-state index contributed by atoms with van der Waals surface area (Å²) in [6, 6.07) is 11.0. The molecule has 0 unspecified atom stereocenters. The molecule has 30 heavy (non-hydrogen) atoms. The minimum absolute atomic E-state index is 0.310. The molecule has 0 atom stereocenters. The summed E-state index contributed by atoms with van der Waals surface area (Å²) in [7, 11) is 0. The first-order chi connectivity index (χ1) is 14.3. The van der Waals surface area contributed by atoms with Gasteiger partial charge in [0.05, 0.1) is 14.5 Å². The smallest absolute Gasteiger partial charge is 0.322 e. The van der Waals surface area contributed by atoms with E-state index in [2.05, 4.69) is 57.1 Å². The van der Waals surface area contributed by atoms with Crippen LogP contribution in [-0.2, 0) is 11.2 Å². The summed E-state index contributed by atoms with van der Waals surface area (Å²) in [5.41, 5.74) is 3.45. The third kappa shape index (κ3) is 5.17. The molecule has 3 aromatic rings.